The Balaban J connectivity index is 1.91. The second kappa shape index (κ2) is 5.83. The van der Waals surface area contributed by atoms with Crippen LogP contribution in [0.4, 0.5) is 0 Å². The van der Waals surface area contributed by atoms with Crippen LogP contribution in [-0.4, -0.2) is 40.8 Å². The molecular formula is C13H23N3S. The van der Waals surface area contributed by atoms with Crippen molar-refractivity contribution in [2.24, 2.45) is 0 Å². The molecule has 0 spiro atoms. The second-order valence-electron chi connectivity index (χ2n) is 5.32. The van der Waals surface area contributed by atoms with Gasteiger partial charge in [0, 0.05) is 12.6 Å². The fourth-order valence-electron chi connectivity index (χ4n) is 2.75. The van der Waals surface area contributed by atoms with Crippen molar-refractivity contribution in [3.8, 4) is 0 Å². The average Bonchev–Trinajstić information content (AvgIpc) is 2.32. The predicted octanol–water partition coefficient (Wildman–Crippen LogP) is 2.30. The van der Waals surface area contributed by atoms with Crippen LogP contribution in [0.1, 0.15) is 39.0 Å². The van der Waals surface area contributed by atoms with Crippen LogP contribution in [0.15, 0.2) is 12.2 Å². The van der Waals surface area contributed by atoms with E-state index in [9.17, 15) is 0 Å². The van der Waals surface area contributed by atoms with Crippen molar-refractivity contribution in [2.45, 2.75) is 45.1 Å². The molecule has 0 bridgehead atoms. The first-order chi connectivity index (χ1) is 8.16. The minimum atomic E-state index is 0.743. The molecule has 1 N–H and O–H groups in total. The molecule has 2 aliphatic rings. The fourth-order valence-corrected chi connectivity index (χ4v) is 2.94. The monoisotopic (exact) mass is 253 g/mol. The van der Waals surface area contributed by atoms with Gasteiger partial charge < -0.3 is 10.2 Å². The summed E-state index contributed by atoms with van der Waals surface area (Å²) < 4.78 is 0. The topological polar surface area (TPSA) is 18.5 Å². The Hall–Kier alpha value is -0.610. The van der Waals surface area contributed by atoms with Gasteiger partial charge in [-0.1, -0.05) is 31.4 Å². The van der Waals surface area contributed by atoms with Gasteiger partial charge in [0.05, 0.1) is 13.3 Å². The van der Waals surface area contributed by atoms with Crippen LogP contribution in [0.2, 0.25) is 0 Å². The molecular weight excluding hydrogens is 230 g/mol. The second-order valence-corrected chi connectivity index (χ2v) is 5.70. The quantitative estimate of drug-likeness (QED) is 0.614. The molecule has 0 aromatic rings. The third-order valence-electron chi connectivity index (χ3n) is 3.62. The van der Waals surface area contributed by atoms with E-state index >= 15 is 0 Å². The fraction of sp³-hybridized carbons (Fsp3) is 0.769. The van der Waals surface area contributed by atoms with Crippen molar-refractivity contribution in [1.82, 2.24) is 15.1 Å². The van der Waals surface area contributed by atoms with Crippen molar-refractivity contribution < 1.29 is 0 Å². The third kappa shape index (κ3) is 3.42. The Bertz CT molecular complexity index is 297. The number of thiocarbonyl (C=S) groups is 1. The first kappa shape index (κ1) is 12.8. The van der Waals surface area contributed by atoms with Gasteiger partial charge in [-0.3, -0.25) is 4.90 Å². The van der Waals surface area contributed by atoms with Gasteiger partial charge in [-0.05, 0) is 32.0 Å². The van der Waals surface area contributed by atoms with Crippen LogP contribution in [0.3, 0.4) is 0 Å². The van der Waals surface area contributed by atoms with Gasteiger partial charge in [0.15, 0.2) is 5.11 Å². The van der Waals surface area contributed by atoms with E-state index in [0.717, 1.165) is 31.0 Å². The first-order valence-corrected chi connectivity index (χ1v) is 6.99. The molecule has 3 nitrogen and oxygen atoms in total. The van der Waals surface area contributed by atoms with Crippen LogP contribution in [0, 0.1) is 0 Å². The Labute approximate surface area is 110 Å². The van der Waals surface area contributed by atoms with E-state index in [1.165, 1.54) is 37.7 Å². The van der Waals surface area contributed by atoms with E-state index in [2.05, 4.69) is 28.6 Å². The summed E-state index contributed by atoms with van der Waals surface area (Å²) in [6, 6.07) is 0.743. The number of nitrogens with one attached hydrogen (secondary N) is 1. The molecule has 1 aliphatic heterocycles. The first-order valence-electron chi connectivity index (χ1n) is 6.58. The largest absolute Gasteiger partial charge is 0.350 e. The molecule has 2 rings (SSSR count). The van der Waals surface area contributed by atoms with E-state index in [-0.39, 0.29) is 0 Å². The van der Waals surface area contributed by atoms with E-state index < -0.39 is 0 Å². The zero-order valence-electron chi connectivity index (χ0n) is 10.7. The minimum Gasteiger partial charge on any atom is -0.350 e. The lowest BCUT2D eigenvalue weighted by atomic mass is 9.94. The van der Waals surface area contributed by atoms with Gasteiger partial charge in [-0.2, -0.15) is 0 Å². The summed E-state index contributed by atoms with van der Waals surface area (Å²) in [6.07, 6.45) is 6.86. The molecule has 17 heavy (non-hydrogen) atoms. The Morgan fingerprint density at radius 2 is 2.12 bits per heavy atom. The van der Waals surface area contributed by atoms with Crippen molar-refractivity contribution in [1.29, 1.82) is 0 Å². The van der Waals surface area contributed by atoms with Gasteiger partial charge in [0.1, 0.15) is 0 Å². The van der Waals surface area contributed by atoms with Crippen molar-refractivity contribution in [3.05, 3.63) is 12.2 Å². The van der Waals surface area contributed by atoms with Crippen LogP contribution in [0.5, 0.6) is 0 Å². The maximum Gasteiger partial charge on any atom is 0.171 e. The zero-order valence-corrected chi connectivity index (χ0v) is 11.6. The Morgan fingerprint density at radius 3 is 2.76 bits per heavy atom. The molecule has 0 amide bonds. The Kier molecular flexibility index (Phi) is 4.40. The van der Waals surface area contributed by atoms with Crippen LogP contribution in [0.25, 0.3) is 0 Å². The average molecular weight is 253 g/mol. The van der Waals surface area contributed by atoms with Gasteiger partial charge in [-0.15, -0.1) is 0 Å². The smallest absolute Gasteiger partial charge is 0.171 e. The number of hydrogen-bond acceptors (Lipinski definition) is 2. The predicted molar refractivity (Wildman–Crippen MR) is 75.7 cm³/mol. The standard InChI is InChI=1S/C13H23N3S/c1-11(2)8-15-10-16(9-14-13(15)17)12-6-4-3-5-7-12/h12H,1,3-10H2,2H3,(H,14,17). The molecule has 0 radical (unpaired) electrons. The Morgan fingerprint density at radius 1 is 1.41 bits per heavy atom. The molecule has 1 saturated carbocycles. The van der Waals surface area contributed by atoms with Crippen molar-refractivity contribution in [3.63, 3.8) is 0 Å². The number of rotatable bonds is 3. The number of nitrogens with zero attached hydrogens (tertiary/aromatic N) is 2. The molecule has 2 fully saturated rings. The van der Waals surface area contributed by atoms with E-state index in [4.69, 9.17) is 12.2 Å². The summed E-state index contributed by atoms with van der Waals surface area (Å²) in [5, 5.41) is 4.20. The van der Waals surface area contributed by atoms with Crippen LogP contribution < -0.4 is 5.32 Å². The summed E-state index contributed by atoms with van der Waals surface area (Å²) >= 11 is 5.35. The van der Waals surface area contributed by atoms with Crippen molar-refractivity contribution in [2.75, 3.05) is 19.9 Å². The van der Waals surface area contributed by atoms with Gasteiger partial charge in [0.25, 0.3) is 0 Å². The summed E-state index contributed by atoms with van der Waals surface area (Å²) in [5.74, 6) is 0. The highest BCUT2D eigenvalue weighted by atomic mass is 32.1. The minimum absolute atomic E-state index is 0.743. The van der Waals surface area contributed by atoms with Crippen LogP contribution >= 0.6 is 12.2 Å². The molecule has 0 atom stereocenters. The normalized spacial score (nSPS) is 23.6. The van der Waals surface area contributed by atoms with E-state index in [1.54, 1.807) is 0 Å². The van der Waals surface area contributed by atoms with Crippen molar-refractivity contribution >= 4 is 17.3 Å². The van der Waals surface area contributed by atoms with Crippen LogP contribution in [-0.2, 0) is 0 Å². The molecule has 4 heteroatoms. The molecule has 1 saturated heterocycles. The highest BCUT2D eigenvalue weighted by Gasteiger charge is 2.27. The summed E-state index contributed by atoms with van der Waals surface area (Å²) in [4.78, 5) is 4.74. The van der Waals surface area contributed by atoms with Gasteiger partial charge >= 0.3 is 0 Å². The van der Waals surface area contributed by atoms with E-state index in [0.29, 0.717) is 0 Å². The highest BCUT2D eigenvalue weighted by Crippen LogP contribution is 2.23. The lowest BCUT2D eigenvalue weighted by molar-refractivity contribution is 0.0871. The number of hydrogen-bond donors (Lipinski definition) is 1. The maximum absolute atomic E-state index is 5.35. The third-order valence-corrected chi connectivity index (χ3v) is 4.03. The SMILES string of the molecule is C=C(C)CN1CN(C2CCCCC2)CNC1=S. The maximum atomic E-state index is 5.35. The lowest BCUT2D eigenvalue weighted by Crippen LogP contribution is -2.59. The highest BCUT2D eigenvalue weighted by molar-refractivity contribution is 7.80. The molecule has 1 aliphatic carbocycles. The zero-order chi connectivity index (χ0) is 12.3. The summed E-state index contributed by atoms with van der Waals surface area (Å²) in [7, 11) is 0. The molecule has 0 aromatic heterocycles. The van der Waals surface area contributed by atoms with Gasteiger partial charge in [0.2, 0.25) is 0 Å². The molecule has 96 valence electrons. The van der Waals surface area contributed by atoms with Gasteiger partial charge in [-0.25, -0.2) is 0 Å². The lowest BCUT2D eigenvalue weighted by Gasteiger charge is -2.43. The summed E-state index contributed by atoms with van der Waals surface area (Å²) in [6.45, 7) is 8.78. The van der Waals surface area contributed by atoms with E-state index in [1.807, 2.05) is 0 Å². The molecule has 0 aromatic carbocycles. The summed E-state index contributed by atoms with van der Waals surface area (Å²) in [5.41, 5.74) is 1.17. The molecule has 0 unspecified atom stereocenters. The molecule has 1 heterocycles.